The summed E-state index contributed by atoms with van der Waals surface area (Å²) in [7, 11) is 2.60. The van der Waals surface area contributed by atoms with Crippen molar-refractivity contribution in [2.45, 2.75) is 6.61 Å². The first-order valence-corrected chi connectivity index (χ1v) is 6.72. The average Bonchev–Trinajstić information content (AvgIpc) is 2.56. The third-order valence-electron chi connectivity index (χ3n) is 3.05. The van der Waals surface area contributed by atoms with Gasteiger partial charge in [-0.1, -0.05) is 0 Å². The summed E-state index contributed by atoms with van der Waals surface area (Å²) < 4.78 is 52.0. The molecule has 0 atom stereocenters. The van der Waals surface area contributed by atoms with Crippen molar-refractivity contribution in [1.82, 2.24) is 0 Å². The Balaban J connectivity index is 2.24. The van der Waals surface area contributed by atoms with Crippen LogP contribution in [0.1, 0.15) is 10.4 Å². The van der Waals surface area contributed by atoms with Crippen molar-refractivity contribution >= 4 is 11.6 Å². The van der Waals surface area contributed by atoms with Crippen molar-refractivity contribution in [1.29, 1.82) is 0 Å². The van der Waals surface area contributed by atoms with E-state index in [0.29, 0.717) is 0 Å². The van der Waals surface area contributed by atoms with Crippen molar-refractivity contribution < 1.29 is 32.2 Å². The van der Waals surface area contributed by atoms with Crippen LogP contribution in [0.5, 0.6) is 17.2 Å². The lowest BCUT2D eigenvalue weighted by atomic mass is 10.1. The Hall–Kier alpha value is -2.90. The maximum Gasteiger partial charge on any atom is 0.387 e. The number of anilines is 1. The summed E-state index contributed by atoms with van der Waals surface area (Å²) in [6.45, 7) is -3.01. The SMILES string of the molecule is COc1cc(F)ccc1NC(=O)c1ccc(OC(F)F)c(OC)c1. The van der Waals surface area contributed by atoms with Crippen LogP contribution in [0.2, 0.25) is 0 Å². The number of halogens is 3. The van der Waals surface area contributed by atoms with E-state index < -0.39 is 18.3 Å². The molecule has 0 aliphatic carbocycles. The summed E-state index contributed by atoms with van der Waals surface area (Å²) in [6.07, 6.45) is 0. The summed E-state index contributed by atoms with van der Waals surface area (Å²) >= 11 is 0. The minimum Gasteiger partial charge on any atom is -0.494 e. The quantitative estimate of drug-likeness (QED) is 0.870. The van der Waals surface area contributed by atoms with Crippen LogP contribution < -0.4 is 19.5 Å². The van der Waals surface area contributed by atoms with Crippen LogP contribution in [0.15, 0.2) is 36.4 Å². The Bertz CT molecular complexity index is 737. The molecule has 1 N–H and O–H groups in total. The van der Waals surface area contributed by atoms with Crippen molar-refractivity contribution in [2.24, 2.45) is 0 Å². The zero-order valence-corrected chi connectivity index (χ0v) is 12.8. The molecule has 2 aromatic rings. The van der Waals surface area contributed by atoms with Gasteiger partial charge in [-0.15, -0.1) is 0 Å². The molecule has 5 nitrogen and oxygen atoms in total. The maximum atomic E-state index is 13.2. The van der Waals surface area contributed by atoms with Crippen LogP contribution in [0.3, 0.4) is 0 Å². The minimum atomic E-state index is -3.01. The number of alkyl halides is 2. The van der Waals surface area contributed by atoms with Crippen LogP contribution in [0, 0.1) is 5.82 Å². The van der Waals surface area contributed by atoms with E-state index in [1.165, 1.54) is 38.5 Å². The molecule has 0 aromatic heterocycles. The highest BCUT2D eigenvalue weighted by atomic mass is 19.3. The Morgan fingerprint density at radius 1 is 1.00 bits per heavy atom. The molecular formula is C16H14F3NO4. The fourth-order valence-electron chi connectivity index (χ4n) is 1.96. The lowest BCUT2D eigenvalue weighted by Crippen LogP contribution is -2.13. The number of carbonyl (C=O) groups is 1. The summed E-state index contributed by atoms with van der Waals surface area (Å²) in [6, 6.07) is 7.38. The van der Waals surface area contributed by atoms with Crippen LogP contribution in [-0.2, 0) is 0 Å². The predicted octanol–water partition coefficient (Wildman–Crippen LogP) is 3.70. The standard InChI is InChI=1S/C16H14F3NO4/c1-22-13-8-10(17)4-5-11(13)20-15(21)9-3-6-12(24-16(18)19)14(7-9)23-2/h3-8,16H,1-2H3,(H,20,21). The van der Waals surface area contributed by atoms with Gasteiger partial charge >= 0.3 is 6.61 Å². The predicted molar refractivity (Wildman–Crippen MR) is 80.5 cm³/mol. The van der Waals surface area contributed by atoms with Crippen LogP contribution in [0.4, 0.5) is 18.9 Å². The third kappa shape index (κ3) is 4.09. The zero-order chi connectivity index (χ0) is 17.7. The number of rotatable bonds is 6. The molecule has 0 saturated carbocycles. The highest BCUT2D eigenvalue weighted by molar-refractivity contribution is 6.05. The van der Waals surface area contributed by atoms with Gasteiger partial charge in [0, 0.05) is 11.6 Å². The van der Waals surface area contributed by atoms with Gasteiger partial charge in [0.25, 0.3) is 5.91 Å². The molecule has 8 heteroatoms. The van der Waals surface area contributed by atoms with E-state index >= 15 is 0 Å². The molecule has 128 valence electrons. The fourth-order valence-corrected chi connectivity index (χ4v) is 1.96. The van der Waals surface area contributed by atoms with Gasteiger partial charge < -0.3 is 19.5 Å². The number of hydrogen-bond donors (Lipinski definition) is 1. The summed E-state index contributed by atoms with van der Waals surface area (Å²) in [5.74, 6) is -1.13. The van der Waals surface area contributed by atoms with Gasteiger partial charge in [0.1, 0.15) is 11.6 Å². The van der Waals surface area contributed by atoms with Crippen LogP contribution in [0.25, 0.3) is 0 Å². The monoisotopic (exact) mass is 341 g/mol. The molecule has 0 spiro atoms. The van der Waals surface area contributed by atoms with Gasteiger partial charge in [-0.2, -0.15) is 8.78 Å². The first-order chi connectivity index (χ1) is 11.4. The number of nitrogens with one attached hydrogen (secondary N) is 1. The highest BCUT2D eigenvalue weighted by Crippen LogP contribution is 2.30. The van der Waals surface area contributed by atoms with Gasteiger partial charge in [0.15, 0.2) is 11.5 Å². The largest absolute Gasteiger partial charge is 0.494 e. The van der Waals surface area contributed by atoms with Gasteiger partial charge in [-0.3, -0.25) is 4.79 Å². The van der Waals surface area contributed by atoms with Gasteiger partial charge in [0.05, 0.1) is 19.9 Å². The van der Waals surface area contributed by atoms with Gasteiger partial charge in [0.2, 0.25) is 0 Å². The first kappa shape index (κ1) is 17.5. The summed E-state index contributed by atoms with van der Waals surface area (Å²) in [5, 5.41) is 2.54. The lowest BCUT2D eigenvalue weighted by Gasteiger charge is -2.13. The summed E-state index contributed by atoms with van der Waals surface area (Å²) in [4.78, 5) is 12.3. The fraction of sp³-hybridized carbons (Fsp3) is 0.188. The van der Waals surface area contributed by atoms with Crippen molar-refractivity contribution in [3.8, 4) is 17.2 Å². The molecule has 0 aliphatic rings. The van der Waals surface area contributed by atoms with E-state index in [2.05, 4.69) is 10.1 Å². The van der Waals surface area contributed by atoms with E-state index in [1.807, 2.05) is 0 Å². The maximum absolute atomic E-state index is 13.2. The molecule has 2 rings (SSSR count). The molecule has 0 unspecified atom stereocenters. The molecule has 24 heavy (non-hydrogen) atoms. The minimum absolute atomic E-state index is 0.0194. The molecule has 0 radical (unpaired) electrons. The van der Waals surface area contributed by atoms with Gasteiger partial charge in [-0.05, 0) is 30.3 Å². The van der Waals surface area contributed by atoms with Gasteiger partial charge in [-0.25, -0.2) is 4.39 Å². The van der Waals surface area contributed by atoms with Crippen molar-refractivity contribution in [3.63, 3.8) is 0 Å². The molecule has 0 heterocycles. The van der Waals surface area contributed by atoms with Crippen molar-refractivity contribution in [2.75, 3.05) is 19.5 Å². The molecule has 0 saturated heterocycles. The number of carbonyl (C=O) groups excluding carboxylic acids is 1. The Kier molecular flexibility index (Phi) is 5.51. The number of benzene rings is 2. The second-order valence-corrected chi connectivity index (χ2v) is 4.54. The van der Waals surface area contributed by atoms with E-state index in [4.69, 9.17) is 9.47 Å². The van der Waals surface area contributed by atoms with E-state index in [9.17, 15) is 18.0 Å². The molecule has 0 fully saturated rings. The smallest absolute Gasteiger partial charge is 0.387 e. The Labute approximate surface area is 135 Å². The molecular weight excluding hydrogens is 327 g/mol. The molecule has 2 aromatic carbocycles. The Morgan fingerprint density at radius 2 is 1.71 bits per heavy atom. The number of amides is 1. The topological polar surface area (TPSA) is 56.8 Å². The number of hydrogen-bond acceptors (Lipinski definition) is 4. The zero-order valence-electron chi connectivity index (χ0n) is 12.8. The normalized spacial score (nSPS) is 10.4. The van der Waals surface area contributed by atoms with E-state index in [1.54, 1.807) is 0 Å². The molecule has 0 aliphatic heterocycles. The molecule has 1 amide bonds. The lowest BCUT2D eigenvalue weighted by molar-refractivity contribution is -0.0512. The van der Waals surface area contributed by atoms with Crippen molar-refractivity contribution in [3.05, 3.63) is 47.8 Å². The Morgan fingerprint density at radius 3 is 2.33 bits per heavy atom. The molecule has 0 bridgehead atoms. The average molecular weight is 341 g/mol. The van der Waals surface area contributed by atoms with Crippen LogP contribution >= 0.6 is 0 Å². The second-order valence-electron chi connectivity index (χ2n) is 4.54. The number of methoxy groups -OCH3 is 2. The first-order valence-electron chi connectivity index (χ1n) is 6.72. The van der Waals surface area contributed by atoms with E-state index in [0.717, 1.165) is 12.1 Å². The van der Waals surface area contributed by atoms with E-state index in [-0.39, 0.29) is 28.5 Å². The number of ether oxygens (including phenoxy) is 3. The highest BCUT2D eigenvalue weighted by Gasteiger charge is 2.15. The second kappa shape index (κ2) is 7.58. The summed E-state index contributed by atoms with van der Waals surface area (Å²) in [5.41, 5.74) is 0.399. The third-order valence-corrected chi connectivity index (χ3v) is 3.05. The van der Waals surface area contributed by atoms with Crippen LogP contribution in [-0.4, -0.2) is 26.7 Å².